The van der Waals surface area contributed by atoms with Gasteiger partial charge in [0.25, 0.3) is 11.7 Å². The SMILES string of the molecule is COc1ccc(C(O)=C2C(=O)C(=O)N(CCCN(C)C)[C@H]2c2ccc(Cl)cc2)cc1C. The first kappa shape index (κ1) is 22.8. The summed E-state index contributed by atoms with van der Waals surface area (Å²) in [7, 11) is 5.48. The molecule has 0 aromatic heterocycles. The Kier molecular flexibility index (Phi) is 7.03. The minimum absolute atomic E-state index is 0.0849. The topological polar surface area (TPSA) is 70.1 Å². The van der Waals surface area contributed by atoms with Gasteiger partial charge in [0.2, 0.25) is 0 Å². The van der Waals surface area contributed by atoms with Crippen LogP contribution in [-0.2, 0) is 9.59 Å². The van der Waals surface area contributed by atoms with Gasteiger partial charge in [0.05, 0.1) is 18.7 Å². The number of aliphatic hydroxyl groups is 1. The van der Waals surface area contributed by atoms with Crippen LogP contribution in [0, 0.1) is 6.92 Å². The number of benzene rings is 2. The normalized spacial score (nSPS) is 18.1. The summed E-state index contributed by atoms with van der Waals surface area (Å²) in [5, 5.41) is 11.7. The zero-order chi connectivity index (χ0) is 22.7. The van der Waals surface area contributed by atoms with Crippen molar-refractivity contribution in [3.05, 3.63) is 69.8 Å². The molecule has 7 heteroatoms. The number of likely N-dealkylation sites (tertiary alicyclic amines) is 1. The number of hydrogen-bond donors (Lipinski definition) is 1. The molecule has 164 valence electrons. The van der Waals surface area contributed by atoms with Gasteiger partial charge in [0, 0.05) is 17.1 Å². The van der Waals surface area contributed by atoms with Gasteiger partial charge in [-0.2, -0.15) is 0 Å². The molecule has 1 heterocycles. The maximum atomic E-state index is 13.0. The molecule has 1 fully saturated rings. The number of carbonyl (C=O) groups excluding carboxylic acids is 2. The highest BCUT2D eigenvalue weighted by atomic mass is 35.5. The van der Waals surface area contributed by atoms with Gasteiger partial charge in [0.1, 0.15) is 11.5 Å². The summed E-state index contributed by atoms with van der Waals surface area (Å²) in [5.74, 6) is -0.810. The van der Waals surface area contributed by atoms with Crippen molar-refractivity contribution in [2.75, 3.05) is 34.3 Å². The molecule has 2 aromatic rings. The van der Waals surface area contributed by atoms with Crippen LogP contribution in [0.25, 0.3) is 5.76 Å². The van der Waals surface area contributed by atoms with Crippen molar-refractivity contribution in [3.63, 3.8) is 0 Å². The van der Waals surface area contributed by atoms with Crippen molar-refractivity contribution in [2.24, 2.45) is 0 Å². The number of nitrogens with zero attached hydrogens (tertiary/aromatic N) is 2. The van der Waals surface area contributed by atoms with E-state index in [0.717, 1.165) is 17.7 Å². The first-order valence-electron chi connectivity index (χ1n) is 10.1. The largest absolute Gasteiger partial charge is 0.507 e. The van der Waals surface area contributed by atoms with Crippen LogP contribution in [0.2, 0.25) is 5.02 Å². The van der Waals surface area contributed by atoms with Gasteiger partial charge in [-0.3, -0.25) is 9.59 Å². The number of methoxy groups -OCH3 is 1. The summed E-state index contributed by atoms with van der Waals surface area (Å²) >= 11 is 6.05. The smallest absolute Gasteiger partial charge is 0.295 e. The monoisotopic (exact) mass is 442 g/mol. The molecule has 0 radical (unpaired) electrons. The Hall–Kier alpha value is -2.83. The molecule has 1 N–H and O–H groups in total. The van der Waals surface area contributed by atoms with E-state index in [1.54, 1.807) is 49.6 Å². The van der Waals surface area contributed by atoms with Gasteiger partial charge in [-0.1, -0.05) is 23.7 Å². The number of Topliss-reactive ketones (excluding diaryl/α,β-unsaturated/α-hetero) is 1. The second-order valence-corrected chi connectivity index (χ2v) is 8.32. The summed E-state index contributed by atoms with van der Waals surface area (Å²) in [6, 6.07) is 11.5. The molecule has 0 aliphatic carbocycles. The van der Waals surface area contributed by atoms with E-state index < -0.39 is 17.7 Å². The molecule has 0 spiro atoms. The second kappa shape index (κ2) is 9.54. The van der Waals surface area contributed by atoms with Crippen molar-refractivity contribution >= 4 is 29.1 Å². The fourth-order valence-corrected chi connectivity index (χ4v) is 3.97. The molecular weight excluding hydrogens is 416 g/mol. The van der Waals surface area contributed by atoms with Crippen LogP contribution in [0.4, 0.5) is 0 Å². The molecule has 6 nitrogen and oxygen atoms in total. The molecule has 0 saturated carbocycles. The van der Waals surface area contributed by atoms with E-state index in [0.29, 0.717) is 29.3 Å². The molecule has 2 aromatic carbocycles. The highest BCUT2D eigenvalue weighted by Crippen LogP contribution is 2.40. The van der Waals surface area contributed by atoms with E-state index in [1.807, 2.05) is 25.9 Å². The molecule has 1 aliphatic heterocycles. The minimum Gasteiger partial charge on any atom is -0.507 e. The van der Waals surface area contributed by atoms with Crippen LogP contribution in [0.15, 0.2) is 48.0 Å². The summed E-state index contributed by atoms with van der Waals surface area (Å²) in [4.78, 5) is 29.5. The highest BCUT2D eigenvalue weighted by Gasteiger charge is 2.45. The predicted molar refractivity (Wildman–Crippen MR) is 121 cm³/mol. The molecule has 1 atom stereocenters. The molecule has 1 saturated heterocycles. The maximum absolute atomic E-state index is 13.0. The fraction of sp³-hybridized carbons (Fsp3) is 0.333. The lowest BCUT2D eigenvalue weighted by Gasteiger charge is -2.26. The number of hydrogen-bond acceptors (Lipinski definition) is 5. The van der Waals surface area contributed by atoms with E-state index in [1.165, 1.54) is 4.90 Å². The van der Waals surface area contributed by atoms with Gasteiger partial charge < -0.3 is 19.6 Å². The second-order valence-electron chi connectivity index (χ2n) is 7.89. The van der Waals surface area contributed by atoms with Crippen LogP contribution >= 0.6 is 11.6 Å². The number of carbonyl (C=O) groups is 2. The Morgan fingerprint density at radius 2 is 1.84 bits per heavy atom. The Balaban J connectivity index is 2.10. The Morgan fingerprint density at radius 3 is 2.42 bits per heavy atom. The number of aliphatic hydroxyl groups excluding tert-OH is 1. The molecule has 1 aliphatic rings. The number of ether oxygens (including phenoxy) is 1. The molecule has 1 amide bonds. The fourth-order valence-electron chi connectivity index (χ4n) is 3.84. The van der Waals surface area contributed by atoms with Gasteiger partial charge in [0.15, 0.2) is 0 Å². The van der Waals surface area contributed by atoms with E-state index >= 15 is 0 Å². The summed E-state index contributed by atoms with van der Waals surface area (Å²) in [6.07, 6.45) is 0.700. The van der Waals surface area contributed by atoms with Crippen molar-refractivity contribution in [1.82, 2.24) is 9.80 Å². The standard InChI is InChI=1S/C24H27ClN2O4/c1-15-14-17(8-11-19(15)31-4)22(28)20-21(16-6-9-18(25)10-7-16)27(24(30)23(20)29)13-5-12-26(2)3/h6-11,14,21,28H,5,12-13H2,1-4H3/t21-/m0/s1. The third kappa shape index (κ3) is 4.75. The van der Waals surface area contributed by atoms with E-state index in [-0.39, 0.29) is 11.3 Å². The average molecular weight is 443 g/mol. The molecule has 31 heavy (non-hydrogen) atoms. The zero-order valence-corrected chi connectivity index (χ0v) is 18.9. The van der Waals surface area contributed by atoms with Crippen molar-refractivity contribution < 1.29 is 19.4 Å². The van der Waals surface area contributed by atoms with Crippen molar-refractivity contribution in [2.45, 2.75) is 19.4 Å². The third-order valence-electron chi connectivity index (χ3n) is 5.40. The van der Waals surface area contributed by atoms with E-state index in [2.05, 4.69) is 0 Å². The Morgan fingerprint density at radius 1 is 1.16 bits per heavy atom. The predicted octanol–water partition coefficient (Wildman–Crippen LogP) is 4.03. The number of rotatable bonds is 7. The summed E-state index contributed by atoms with van der Waals surface area (Å²) in [5.41, 5.74) is 2.08. The maximum Gasteiger partial charge on any atom is 0.295 e. The number of ketones is 1. The van der Waals surface area contributed by atoms with Crippen LogP contribution in [0.5, 0.6) is 5.75 Å². The third-order valence-corrected chi connectivity index (χ3v) is 5.65. The summed E-state index contributed by atoms with van der Waals surface area (Å²) < 4.78 is 5.28. The number of halogens is 1. The minimum atomic E-state index is -0.684. The summed E-state index contributed by atoms with van der Waals surface area (Å²) in [6.45, 7) is 3.02. The van der Waals surface area contributed by atoms with Crippen molar-refractivity contribution in [1.29, 1.82) is 0 Å². The number of aryl methyl sites for hydroxylation is 1. The first-order valence-corrected chi connectivity index (χ1v) is 10.5. The Labute approximate surface area is 187 Å². The average Bonchev–Trinajstić information content (AvgIpc) is 2.98. The van der Waals surface area contributed by atoms with Crippen LogP contribution < -0.4 is 4.74 Å². The lowest BCUT2D eigenvalue weighted by atomic mass is 9.94. The molecule has 0 unspecified atom stereocenters. The molecular formula is C24H27ClN2O4. The zero-order valence-electron chi connectivity index (χ0n) is 18.2. The van der Waals surface area contributed by atoms with Crippen molar-refractivity contribution in [3.8, 4) is 5.75 Å². The molecule has 0 bridgehead atoms. The highest BCUT2D eigenvalue weighted by molar-refractivity contribution is 6.46. The van der Waals surface area contributed by atoms with Gasteiger partial charge >= 0.3 is 0 Å². The Bertz CT molecular complexity index is 1010. The molecule has 3 rings (SSSR count). The van der Waals surface area contributed by atoms with Gasteiger partial charge in [-0.25, -0.2) is 0 Å². The lowest BCUT2D eigenvalue weighted by molar-refractivity contribution is -0.139. The lowest BCUT2D eigenvalue weighted by Crippen LogP contribution is -2.32. The quantitative estimate of drug-likeness (QED) is 0.398. The van der Waals surface area contributed by atoms with Gasteiger partial charge in [-0.15, -0.1) is 0 Å². The van der Waals surface area contributed by atoms with Gasteiger partial charge in [-0.05, 0) is 75.4 Å². The van der Waals surface area contributed by atoms with E-state index in [4.69, 9.17) is 16.3 Å². The van der Waals surface area contributed by atoms with Crippen LogP contribution in [0.3, 0.4) is 0 Å². The first-order chi connectivity index (χ1) is 14.7. The van der Waals surface area contributed by atoms with Crippen LogP contribution in [0.1, 0.15) is 29.2 Å². The van der Waals surface area contributed by atoms with Crippen LogP contribution in [-0.4, -0.2) is 60.9 Å². The van der Waals surface area contributed by atoms with E-state index in [9.17, 15) is 14.7 Å². The number of amides is 1.